The van der Waals surface area contributed by atoms with Gasteiger partial charge in [0.25, 0.3) is 0 Å². The quantitative estimate of drug-likeness (QED) is 0.843. The first-order chi connectivity index (χ1) is 7.84. The van der Waals surface area contributed by atoms with Gasteiger partial charge in [0.2, 0.25) is 0 Å². The molecule has 1 aromatic rings. The highest BCUT2D eigenvalue weighted by Crippen LogP contribution is 2.14. The fourth-order valence-electron chi connectivity index (χ4n) is 1.86. The van der Waals surface area contributed by atoms with E-state index in [2.05, 4.69) is 0 Å². The van der Waals surface area contributed by atoms with E-state index in [1.807, 2.05) is 30.3 Å². The third-order valence-electron chi connectivity index (χ3n) is 2.75. The molecular weight excluding hydrogens is 204 g/mol. The average molecular weight is 222 g/mol. The molecule has 1 fully saturated rings. The van der Waals surface area contributed by atoms with E-state index in [9.17, 15) is 5.11 Å². The van der Waals surface area contributed by atoms with Crippen LogP contribution in [0, 0.1) is 0 Å². The molecule has 0 spiro atoms. The third-order valence-corrected chi connectivity index (χ3v) is 2.75. The molecule has 3 nitrogen and oxygen atoms in total. The number of benzene rings is 1. The van der Waals surface area contributed by atoms with Gasteiger partial charge in [-0.1, -0.05) is 30.3 Å². The maximum Gasteiger partial charge on any atom is 0.0833 e. The Morgan fingerprint density at radius 2 is 2.12 bits per heavy atom. The Hall–Kier alpha value is -0.900. The molecular formula is C13H18O3. The van der Waals surface area contributed by atoms with Gasteiger partial charge in [-0.15, -0.1) is 0 Å². The van der Waals surface area contributed by atoms with Crippen LogP contribution in [0.2, 0.25) is 0 Å². The van der Waals surface area contributed by atoms with Crippen LogP contribution in [0.4, 0.5) is 0 Å². The summed E-state index contributed by atoms with van der Waals surface area (Å²) in [6.07, 6.45) is 1.26. The van der Waals surface area contributed by atoms with Crippen LogP contribution in [0.5, 0.6) is 0 Å². The van der Waals surface area contributed by atoms with Crippen LogP contribution in [0.25, 0.3) is 0 Å². The molecule has 2 atom stereocenters. The Balaban J connectivity index is 1.68. The Bertz CT molecular complexity index is 299. The summed E-state index contributed by atoms with van der Waals surface area (Å²) < 4.78 is 11.1. The second-order valence-corrected chi connectivity index (χ2v) is 4.17. The molecule has 1 N–H and O–H groups in total. The predicted molar refractivity (Wildman–Crippen MR) is 61.1 cm³/mol. The van der Waals surface area contributed by atoms with Gasteiger partial charge in [-0.05, 0) is 12.0 Å². The molecule has 1 heterocycles. The molecule has 1 aromatic carbocycles. The van der Waals surface area contributed by atoms with E-state index in [1.165, 1.54) is 5.56 Å². The van der Waals surface area contributed by atoms with E-state index < -0.39 is 0 Å². The SMILES string of the molecule is O[C@@H]1CCO[C@H](COCc2ccccc2)C1. The first-order valence-electron chi connectivity index (χ1n) is 5.76. The highest BCUT2D eigenvalue weighted by Gasteiger charge is 2.20. The Morgan fingerprint density at radius 3 is 2.88 bits per heavy atom. The molecule has 1 saturated heterocycles. The van der Waals surface area contributed by atoms with Crippen molar-refractivity contribution in [1.29, 1.82) is 0 Å². The summed E-state index contributed by atoms with van der Waals surface area (Å²) in [4.78, 5) is 0. The van der Waals surface area contributed by atoms with Crippen molar-refractivity contribution in [3.8, 4) is 0 Å². The summed E-state index contributed by atoms with van der Waals surface area (Å²) in [5, 5.41) is 9.46. The van der Waals surface area contributed by atoms with Gasteiger partial charge >= 0.3 is 0 Å². The van der Waals surface area contributed by atoms with Crippen molar-refractivity contribution in [2.45, 2.75) is 31.7 Å². The second kappa shape index (κ2) is 5.99. The summed E-state index contributed by atoms with van der Waals surface area (Å²) in [5.74, 6) is 0. The summed E-state index contributed by atoms with van der Waals surface area (Å²) in [5.41, 5.74) is 1.17. The van der Waals surface area contributed by atoms with Crippen LogP contribution < -0.4 is 0 Å². The molecule has 1 aliphatic rings. The van der Waals surface area contributed by atoms with E-state index in [0.717, 1.165) is 6.42 Å². The zero-order valence-corrected chi connectivity index (χ0v) is 9.34. The lowest BCUT2D eigenvalue weighted by Gasteiger charge is -2.26. The van der Waals surface area contributed by atoms with Gasteiger partial charge < -0.3 is 14.6 Å². The lowest BCUT2D eigenvalue weighted by Crippen LogP contribution is -2.32. The Labute approximate surface area is 96.0 Å². The van der Waals surface area contributed by atoms with Crippen LogP contribution in [0.1, 0.15) is 18.4 Å². The zero-order chi connectivity index (χ0) is 11.2. The predicted octanol–water partition coefficient (Wildman–Crippen LogP) is 1.74. The minimum atomic E-state index is -0.223. The fourth-order valence-corrected chi connectivity index (χ4v) is 1.86. The number of rotatable bonds is 4. The Morgan fingerprint density at radius 1 is 1.31 bits per heavy atom. The van der Waals surface area contributed by atoms with Crippen molar-refractivity contribution in [2.75, 3.05) is 13.2 Å². The van der Waals surface area contributed by atoms with Crippen molar-refractivity contribution in [3.63, 3.8) is 0 Å². The smallest absolute Gasteiger partial charge is 0.0833 e. The highest BCUT2D eigenvalue weighted by atomic mass is 16.5. The molecule has 0 aliphatic carbocycles. The molecule has 0 radical (unpaired) electrons. The first-order valence-corrected chi connectivity index (χ1v) is 5.76. The van der Waals surface area contributed by atoms with E-state index in [1.54, 1.807) is 0 Å². The number of ether oxygens (including phenoxy) is 2. The highest BCUT2D eigenvalue weighted by molar-refractivity contribution is 5.13. The van der Waals surface area contributed by atoms with Crippen molar-refractivity contribution >= 4 is 0 Å². The monoisotopic (exact) mass is 222 g/mol. The van der Waals surface area contributed by atoms with E-state index >= 15 is 0 Å². The molecule has 0 amide bonds. The molecule has 0 aromatic heterocycles. The van der Waals surface area contributed by atoms with Gasteiger partial charge in [-0.2, -0.15) is 0 Å². The van der Waals surface area contributed by atoms with Gasteiger partial charge in [0.15, 0.2) is 0 Å². The second-order valence-electron chi connectivity index (χ2n) is 4.17. The molecule has 16 heavy (non-hydrogen) atoms. The molecule has 1 aliphatic heterocycles. The van der Waals surface area contributed by atoms with Crippen molar-refractivity contribution in [2.24, 2.45) is 0 Å². The van der Waals surface area contributed by atoms with Gasteiger partial charge in [0.05, 0.1) is 25.4 Å². The summed E-state index contributed by atoms with van der Waals surface area (Å²) in [7, 11) is 0. The third kappa shape index (κ3) is 3.59. The fraction of sp³-hybridized carbons (Fsp3) is 0.538. The molecule has 0 saturated carbocycles. The number of aliphatic hydroxyl groups is 1. The minimum absolute atomic E-state index is 0.0486. The standard InChI is InChI=1S/C13H18O3/c14-12-6-7-16-13(8-12)10-15-9-11-4-2-1-3-5-11/h1-5,12-14H,6-10H2/t12-,13+/m1/s1. The largest absolute Gasteiger partial charge is 0.393 e. The van der Waals surface area contributed by atoms with Gasteiger partial charge in [-0.3, -0.25) is 0 Å². The van der Waals surface area contributed by atoms with Crippen LogP contribution in [-0.4, -0.2) is 30.5 Å². The average Bonchev–Trinajstić information content (AvgIpc) is 2.30. The first kappa shape index (κ1) is 11.6. The molecule has 88 valence electrons. The minimum Gasteiger partial charge on any atom is -0.393 e. The Kier molecular flexibility index (Phi) is 4.34. The van der Waals surface area contributed by atoms with Crippen molar-refractivity contribution < 1.29 is 14.6 Å². The van der Waals surface area contributed by atoms with E-state index in [4.69, 9.17) is 9.47 Å². The van der Waals surface area contributed by atoms with E-state index in [-0.39, 0.29) is 12.2 Å². The van der Waals surface area contributed by atoms with Crippen molar-refractivity contribution in [3.05, 3.63) is 35.9 Å². The topological polar surface area (TPSA) is 38.7 Å². The summed E-state index contributed by atoms with van der Waals surface area (Å²) >= 11 is 0. The van der Waals surface area contributed by atoms with Crippen LogP contribution in [-0.2, 0) is 16.1 Å². The number of hydrogen-bond donors (Lipinski definition) is 1. The van der Waals surface area contributed by atoms with Crippen LogP contribution in [0.3, 0.4) is 0 Å². The molecule has 0 unspecified atom stereocenters. The lowest BCUT2D eigenvalue weighted by atomic mass is 10.1. The van der Waals surface area contributed by atoms with Gasteiger partial charge in [0, 0.05) is 13.0 Å². The maximum atomic E-state index is 9.46. The maximum absolute atomic E-state index is 9.46. The number of aliphatic hydroxyl groups excluding tert-OH is 1. The normalized spacial score (nSPS) is 25.6. The summed E-state index contributed by atoms with van der Waals surface area (Å²) in [6.45, 7) is 1.81. The van der Waals surface area contributed by atoms with Gasteiger partial charge in [-0.25, -0.2) is 0 Å². The van der Waals surface area contributed by atoms with Gasteiger partial charge in [0.1, 0.15) is 0 Å². The molecule has 3 heteroatoms. The molecule has 0 bridgehead atoms. The van der Waals surface area contributed by atoms with E-state index in [0.29, 0.717) is 26.2 Å². The van der Waals surface area contributed by atoms with Crippen LogP contribution in [0.15, 0.2) is 30.3 Å². The zero-order valence-electron chi connectivity index (χ0n) is 9.34. The number of hydrogen-bond acceptors (Lipinski definition) is 3. The lowest BCUT2D eigenvalue weighted by molar-refractivity contribution is -0.0811. The van der Waals surface area contributed by atoms with Crippen molar-refractivity contribution in [1.82, 2.24) is 0 Å². The van der Waals surface area contributed by atoms with Crippen LogP contribution >= 0.6 is 0 Å². The summed E-state index contributed by atoms with van der Waals surface area (Å²) in [6, 6.07) is 10.1. The molecule has 2 rings (SSSR count).